The maximum Gasteiger partial charge on any atom is 0.263 e. The van der Waals surface area contributed by atoms with Crippen molar-refractivity contribution in [2.45, 2.75) is 37.6 Å². The minimum atomic E-state index is -0.172. The molecule has 4 aliphatic rings. The van der Waals surface area contributed by atoms with E-state index in [0.29, 0.717) is 11.8 Å². The molecular weight excluding hydrogens is 218 g/mol. The Bertz CT molecular complexity index is 468. The van der Waals surface area contributed by atoms with Crippen LogP contribution in [0.3, 0.4) is 0 Å². The molecule has 1 nitrogen and oxygen atoms in total. The van der Waals surface area contributed by atoms with E-state index in [-0.39, 0.29) is 5.54 Å². The highest BCUT2D eigenvalue weighted by Gasteiger charge is 2.63. The fourth-order valence-corrected chi connectivity index (χ4v) is 5.33. The van der Waals surface area contributed by atoms with Crippen molar-refractivity contribution >= 4 is 0 Å². The highest BCUT2D eigenvalue weighted by molar-refractivity contribution is 5.33. The molecule has 0 unspecified atom stereocenters. The second-order valence-electron chi connectivity index (χ2n) is 6.61. The second kappa shape index (κ2) is 3.60. The van der Waals surface area contributed by atoms with Crippen LogP contribution in [0.5, 0.6) is 0 Å². The molecule has 18 heavy (non-hydrogen) atoms. The predicted molar refractivity (Wildman–Crippen MR) is 71.8 cm³/mol. The molecule has 0 N–H and O–H groups in total. The lowest BCUT2D eigenvalue weighted by molar-refractivity contribution is -0.0396. The molecule has 1 aromatic rings. The van der Waals surface area contributed by atoms with Crippen molar-refractivity contribution in [3.8, 4) is 0 Å². The monoisotopic (exact) mass is 237 g/mol. The Morgan fingerprint density at radius 1 is 0.889 bits per heavy atom. The normalized spacial score (nSPS) is 44.8. The van der Waals surface area contributed by atoms with E-state index in [9.17, 15) is 0 Å². The summed E-state index contributed by atoms with van der Waals surface area (Å²) in [5, 5.41) is 0. The maximum absolute atomic E-state index is 7.89. The van der Waals surface area contributed by atoms with Gasteiger partial charge in [0.2, 0.25) is 0 Å². The van der Waals surface area contributed by atoms with Gasteiger partial charge >= 0.3 is 0 Å². The van der Waals surface area contributed by atoms with Gasteiger partial charge < -0.3 is 4.85 Å². The summed E-state index contributed by atoms with van der Waals surface area (Å²) in [4.78, 5) is 4.24. The molecule has 0 spiro atoms. The Labute approximate surface area is 109 Å². The van der Waals surface area contributed by atoms with E-state index >= 15 is 0 Å². The summed E-state index contributed by atoms with van der Waals surface area (Å²) >= 11 is 0. The van der Waals surface area contributed by atoms with Gasteiger partial charge in [-0.25, -0.2) is 6.57 Å². The first kappa shape index (κ1) is 10.6. The van der Waals surface area contributed by atoms with Gasteiger partial charge in [-0.1, -0.05) is 30.3 Å². The second-order valence-corrected chi connectivity index (χ2v) is 6.61. The number of hydrogen-bond donors (Lipinski definition) is 0. The zero-order valence-electron chi connectivity index (χ0n) is 10.7. The molecule has 4 aliphatic carbocycles. The zero-order valence-corrected chi connectivity index (χ0v) is 10.7. The van der Waals surface area contributed by atoms with Crippen molar-refractivity contribution in [3.05, 3.63) is 47.3 Å². The quantitative estimate of drug-likeness (QED) is 0.643. The van der Waals surface area contributed by atoms with Crippen molar-refractivity contribution in [2.75, 3.05) is 0 Å². The smallest absolute Gasteiger partial charge is 0.263 e. The molecule has 5 rings (SSSR count). The molecule has 1 heteroatoms. The van der Waals surface area contributed by atoms with Gasteiger partial charge in [-0.3, -0.25) is 0 Å². The molecule has 4 saturated carbocycles. The predicted octanol–water partition coefficient (Wildman–Crippen LogP) is 4.26. The van der Waals surface area contributed by atoms with Gasteiger partial charge in [-0.2, -0.15) is 0 Å². The van der Waals surface area contributed by atoms with E-state index in [2.05, 4.69) is 35.2 Å². The summed E-state index contributed by atoms with van der Waals surface area (Å²) in [5.41, 5.74) is 1.13. The highest BCUT2D eigenvalue weighted by Crippen LogP contribution is 2.63. The Balaban J connectivity index is 1.84. The van der Waals surface area contributed by atoms with Crippen LogP contribution in [0.1, 0.15) is 37.7 Å². The lowest BCUT2D eigenvalue weighted by atomic mass is 9.47. The largest absolute Gasteiger partial charge is 0.305 e. The van der Waals surface area contributed by atoms with Crippen molar-refractivity contribution in [2.24, 2.45) is 23.7 Å². The summed E-state index contributed by atoms with van der Waals surface area (Å²) in [6.45, 7) is 7.89. The molecule has 0 saturated heterocycles. The van der Waals surface area contributed by atoms with E-state index < -0.39 is 0 Å². The van der Waals surface area contributed by atoms with E-state index in [1.807, 2.05) is 0 Å². The molecule has 0 aliphatic heterocycles. The third-order valence-corrected chi connectivity index (χ3v) is 5.80. The van der Waals surface area contributed by atoms with E-state index in [4.69, 9.17) is 6.57 Å². The number of benzene rings is 1. The number of rotatable bonds is 1. The zero-order chi connectivity index (χ0) is 12.2. The van der Waals surface area contributed by atoms with Crippen molar-refractivity contribution < 1.29 is 0 Å². The molecular formula is C17H19N. The minimum absolute atomic E-state index is 0.172. The lowest BCUT2D eigenvalue weighted by Crippen LogP contribution is -2.53. The fourth-order valence-electron chi connectivity index (χ4n) is 5.33. The van der Waals surface area contributed by atoms with E-state index in [1.165, 1.54) is 37.7 Å². The van der Waals surface area contributed by atoms with Gasteiger partial charge in [-0.05, 0) is 43.9 Å². The molecule has 4 fully saturated rings. The van der Waals surface area contributed by atoms with Crippen LogP contribution in [0, 0.1) is 30.2 Å². The number of hydrogen-bond acceptors (Lipinski definition) is 0. The van der Waals surface area contributed by atoms with Gasteiger partial charge in [0.15, 0.2) is 0 Å². The van der Waals surface area contributed by atoms with E-state index in [0.717, 1.165) is 11.8 Å². The van der Waals surface area contributed by atoms with Crippen molar-refractivity contribution in [1.29, 1.82) is 0 Å². The summed E-state index contributed by atoms with van der Waals surface area (Å²) in [7, 11) is 0. The number of nitrogens with zero attached hydrogens (tertiary/aromatic N) is 1. The molecule has 0 radical (unpaired) electrons. The van der Waals surface area contributed by atoms with Crippen molar-refractivity contribution in [3.63, 3.8) is 0 Å². The average Bonchev–Trinajstić information content (AvgIpc) is 2.40. The Morgan fingerprint density at radius 2 is 1.44 bits per heavy atom. The molecule has 0 heterocycles. The first-order valence-corrected chi connectivity index (χ1v) is 7.27. The Hall–Kier alpha value is -1.29. The molecule has 0 aromatic heterocycles. The van der Waals surface area contributed by atoms with Crippen molar-refractivity contribution in [1.82, 2.24) is 0 Å². The van der Waals surface area contributed by atoms with Crippen LogP contribution in [0.2, 0.25) is 0 Å². The summed E-state index contributed by atoms with van der Waals surface area (Å²) in [5.74, 6) is 3.14. The van der Waals surface area contributed by atoms with E-state index in [1.54, 1.807) is 0 Å². The minimum Gasteiger partial charge on any atom is -0.305 e. The van der Waals surface area contributed by atoms with Crippen LogP contribution in [-0.2, 0) is 5.54 Å². The van der Waals surface area contributed by atoms with Crippen LogP contribution >= 0.6 is 0 Å². The molecule has 92 valence electrons. The molecule has 1 aromatic carbocycles. The van der Waals surface area contributed by atoms with Gasteiger partial charge in [0.1, 0.15) is 0 Å². The van der Waals surface area contributed by atoms with Crippen LogP contribution in [-0.4, -0.2) is 0 Å². The highest BCUT2D eigenvalue weighted by atomic mass is 14.9. The molecule has 0 atom stereocenters. The third kappa shape index (κ3) is 1.21. The van der Waals surface area contributed by atoms with Gasteiger partial charge in [0, 0.05) is 17.4 Å². The SMILES string of the molecule is [C-]#[N+]C1(c2ccccc2)C2CC3CC(C2)CC1C3. The first-order valence-electron chi connectivity index (χ1n) is 7.27. The topological polar surface area (TPSA) is 4.36 Å². The fraction of sp³-hybridized carbons (Fsp3) is 0.588. The summed E-state index contributed by atoms with van der Waals surface area (Å²) < 4.78 is 0. The average molecular weight is 237 g/mol. The summed E-state index contributed by atoms with van der Waals surface area (Å²) in [6.07, 6.45) is 6.69. The van der Waals surface area contributed by atoms with Gasteiger partial charge in [-0.15, -0.1) is 0 Å². The summed E-state index contributed by atoms with van der Waals surface area (Å²) in [6, 6.07) is 10.7. The van der Waals surface area contributed by atoms with Crippen LogP contribution < -0.4 is 0 Å². The van der Waals surface area contributed by atoms with Crippen LogP contribution in [0.15, 0.2) is 30.3 Å². The standard InChI is InChI=1S/C17H19N/c1-18-17(14-5-3-2-4-6-14)15-8-12-7-13(10-15)11-16(17)9-12/h2-6,12-13,15-16H,7-11H2. The maximum atomic E-state index is 7.89. The van der Waals surface area contributed by atoms with Crippen LogP contribution in [0.4, 0.5) is 0 Å². The third-order valence-electron chi connectivity index (χ3n) is 5.80. The Morgan fingerprint density at radius 3 is 1.94 bits per heavy atom. The Kier molecular flexibility index (Phi) is 2.13. The first-order chi connectivity index (χ1) is 8.83. The lowest BCUT2D eigenvalue weighted by Gasteiger charge is -2.55. The molecule has 0 amide bonds. The van der Waals surface area contributed by atoms with Crippen LogP contribution in [0.25, 0.3) is 4.85 Å². The van der Waals surface area contributed by atoms with Gasteiger partial charge in [0.25, 0.3) is 5.54 Å². The van der Waals surface area contributed by atoms with Gasteiger partial charge in [0.05, 0.1) is 0 Å². The molecule has 4 bridgehead atoms.